The highest BCUT2D eigenvalue weighted by molar-refractivity contribution is 5.92. The molecule has 1 amide bonds. The molecule has 0 bridgehead atoms. The van der Waals surface area contributed by atoms with Crippen molar-refractivity contribution < 1.29 is 27.1 Å². The van der Waals surface area contributed by atoms with Gasteiger partial charge in [-0.25, -0.2) is 4.39 Å². The lowest BCUT2D eigenvalue weighted by molar-refractivity contribution is -0.212. The number of hydrogen-bond acceptors (Lipinski definition) is 4. The molecule has 5 atom stereocenters. The fourth-order valence-electron chi connectivity index (χ4n) is 5.30. The van der Waals surface area contributed by atoms with E-state index < -0.39 is 6.30 Å². The number of nitrogens with one attached hydrogen (secondary N) is 1. The molecule has 2 heterocycles. The summed E-state index contributed by atoms with van der Waals surface area (Å²) in [6, 6.07) is 6.11. The van der Waals surface area contributed by atoms with Crippen LogP contribution in [0.2, 0.25) is 0 Å². The SMILES string of the molecule is CCC(C(=O)Nc1cnn(C(F)(F)F)c1)[C@H]1[C@@H]2C[C@@H](Oc3ccnc4ccc(F)cc34)C[C@@H]21. The van der Waals surface area contributed by atoms with Crippen molar-refractivity contribution in [2.75, 3.05) is 5.32 Å². The molecule has 2 aliphatic carbocycles. The highest BCUT2D eigenvalue weighted by atomic mass is 19.4. The highest BCUT2D eigenvalue weighted by Crippen LogP contribution is 2.62. The summed E-state index contributed by atoms with van der Waals surface area (Å²) in [7, 11) is 0. The van der Waals surface area contributed by atoms with Crippen LogP contribution in [0.4, 0.5) is 23.2 Å². The summed E-state index contributed by atoms with van der Waals surface area (Å²) in [5.74, 6) is 0.500. The Hall–Kier alpha value is -3.17. The largest absolute Gasteiger partial charge is 0.504 e. The van der Waals surface area contributed by atoms with Crippen LogP contribution >= 0.6 is 0 Å². The van der Waals surface area contributed by atoms with Crippen LogP contribution in [-0.2, 0) is 11.1 Å². The molecular weight excluding hydrogens is 440 g/mol. The van der Waals surface area contributed by atoms with E-state index in [-0.39, 0.29) is 40.0 Å². The van der Waals surface area contributed by atoms with Gasteiger partial charge in [0.25, 0.3) is 0 Å². The molecule has 0 aliphatic heterocycles. The highest BCUT2D eigenvalue weighted by Gasteiger charge is 2.60. The number of halogens is 4. The van der Waals surface area contributed by atoms with Crippen LogP contribution in [0.3, 0.4) is 0 Å². The first kappa shape index (κ1) is 21.7. The molecule has 2 saturated carbocycles. The maximum Gasteiger partial charge on any atom is 0.504 e. The standard InChI is InChI=1S/C23H22F4N4O2/c1-2-15(22(32)30-13-10-29-31(11-13)23(25,26)27)21-16-8-14(9-17(16)21)33-20-5-6-28-19-4-3-12(24)7-18(19)20/h3-7,10-11,14-17,21H,2,8-9H2,1H3,(H,30,32)/t14-,15?,16-,17+,21+. The number of hydrogen-bond donors (Lipinski definition) is 1. The van der Waals surface area contributed by atoms with E-state index in [0.717, 1.165) is 25.2 Å². The van der Waals surface area contributed by atoms with Crippen LogP contribution in [0.5, 0.6) is 5.75 Å². The Morgan fingerprint density at radius 3 is 2.70 bits per heavy atom. The van der Waals surface area contributed by atoms with Gasteiger partial charge in [-0.05, 0) is 61.3 Å². The second kappa shape index (κ2) is 8.00. The van der Waals surface area contributed by atoms with Crippen LogP contribution in [0.15, 0.2) is 42.9 Å². The Labute approximate surface area is 186 Å². The number of aromatic nitrogens is 3. The smallest absolute Gasteiger partial charge is 0.490 e. The molecule has 3 aromatic rings. The third-order valence-corrected chi connectivity index (χ3v) is 6.78. The lowest BCUT2D eigenvalue weighted by atomic mass is 9.93. The van der Waals surface area contributed by atoms with Crippen molar-refractivity contribution >= 4 is 22.5 Å². The van der Waals surface area contributed by atoms with Crippen molar-refractivity contribution in [2.45, 2.75) is 38.6 Å². The monoisotopic (exact) mass is 462 g/mol. The van der Waals surface area contributed by atoms with Gasteiger partial charge in [0.1, 0.15) is 11.6 Å². The Bertz CT molecular complexity index is 1180. The van der Waals surface area contributed by atoms with Gasteiger partial charge in [0.2, 0.25) is 5.91 Å². The number of amides is 1. The van der Waals surface area contributed by atoms with Crippen molar-refractivity contribution in [2.24, 2.45) is 23.7 Å². The number of anilines is 1. The molecule has 2 fully saturated rings. The zero-order valence-corrected chi connectivity index (χ0v) is 17.7. The van der Waals surface area contributed by atoms with Crippen molar-refractivity contribution in [1.29, 1.82) is 0 Å². The van der Waals surface area contributed by atoms with Crippen LogP contribution < -0.4 is 10.1 Å². The number of alkyl halides is 3. The molecule has 0 saturated heterocycles. The van der Waals surface area contributed by atoms with Crippen LogP contribution in [0, 0.1) is 29.5 Å². The fraction of sp³-hybridized carbons (Fsp3) is 0.435. The Morgan fingerprint density at radius 1 is 1.27 bits per heavy atom. The van der Waals surface area contributed by atoms with E-state index in [2.05, 4.69) is 15.4 Å². The number of pyridine rings is 1. The Morgan fingerprint density at radius 2 is 2.03 bits per heavy atom. The van der Waals surface area contributed by atoms with Crippen molar-refractivity contribution in [1.82, 2.24) is 14.8 Å². The number of carbonyl (C=O) groups is 1. The molecule has 10 heteroatoms. The molecule has 5 rings (SSSR count). The number of rotatable bonds is 6. The molecule has 0 spiro atoms. The van der Waals surface area contributed by atoms with E-state index in [1.807, 2.05) is 6.92 Å². The number of fused-ring (bicyclic) bond motifs is 2. The summed E-state index contributed by atoms with van der Waals surface area (Å²) in [4.78, 5) is 17.0. The first-order valence-corrected chi connectivity index (χ1v) is 10.9. The molecular formula is C23H22F4N4O2. The fourth-order valence-corrected chi connectivity index (χ4v) is 5.30. The van der Waals surface area contributed by atoms with Gasteiger partial charge < -0.3 is 10.1 Å². The van der Waals surface area contributed by atoms with Crippen molar-refractivity contribution in [3.05, 3.63) is 48.7 Å². The van der Waals surface area contributed by atoms with Gasteiger partial charge in [-0.1, -0.05) is 6.92 Å². The molecule has 2 aliphatic rings. The first-order valence-electron chi connectivity index (χ1n) is 10.9. The molecule has 1 N–H and O–H groups in total. The van der Waals surface area contributed by atoms with Crippen LogP contribution in [0.25, 0.3) is 10.9 Å². The van der Waals surface area contributed by atoms with Crippen LogP contribution in [-0.4, -0.2) is 26.8 Å². The quantitative estimate of drug-likeness (QED) is 0.517. The van der Waals surface area contributed by atoms with Gasteiger partial charge in [0, 0.05) is 17.5 Å². The summed E-state index contributed by atoms with van der Waals surface area (Å²) in [5.41, 5.74) is 0.686. The molecule has 2 aromatic heterocycles. The molecule has 1 aromatic carbocycles. The maximum atomic E-state index is 13.7. The summed E-state index contributed by atoms with van der Waals surface area (Å²) < 4.78 is 57.9. The van der Waals surface area contributed by atoms with E-state index in [0.29, 0.717) is 34.9 Å². The van der Waals surface area contributed by atoms with Crippen molar-refractivity contribution in [3.8, 4) is 5.75 Å². The van der Waals surface area contributed by atoms with Gasteiger partial charge in [-0.3, -0.25) is 9.78 Å². The first-order chi connectivity index (χ1) is 15.7. The predicted octanol–water partition coefficient (Wildman–Crippen LogP) is 5.12. The van der Waals surface area contributed by atoms with Gasteiger partial charge in [-0.15, -0.1) is 13.2 Å². The minimum atomic E-state index is -4.62. The van der Waals surface area contributed by atoms with E-state index in [4.69, 9.17) is 4.74 Å². The summed E-state index contributed by atoms with van der Waals surface area (Å²) in [6.45, 7) is 1.91. The maximum absolute atomic E-state index is 13.7. The zero-order chi connectivity index (χ0) is 23.3. The summed E-state index contributed by atoms with van der Waals surface area (Å²) in [6.07, 6.45) is 0.900. The van der Waals surface area contributed by atoms with E-state index in [1.54, 1.807) is 18.3 Å². The number of nitrogens with zero attached hydrogens (tertiary/aromatic N) is 3. The zero-order valence-electron chi connectivity index (χ0n) is 17.7. The third-order valence-electron chi connectivity index (χ3n) is 6.78. The average molecular weight is 462 g/mol. The number of carbonyl (C=O) groups excluding carboxylic acids is 1. The molecule has 33 heavy (non-hydrogen) atoms. The molecule has 0 radical (unpaired) electrons. The van der Waals surface area contributed by atoms with Gasteiger partial charge in [-0.2, -0.15) is 9.78 Å². The second-order valence-electron chi connectivity index (χ2n) is 8.73. The van der Waals surface area contributed by atoms with E-state index >= 15 is 0 Å². The van der Waals surface area contributed by atoms with E-state index in [1.165, 1.54) is 12.1 Å². The summed E-state index contributed by atoms with van der Waals surface area (Å²) >= 11 is 0. The minimum Gasteiger partial charge on any atom is -0.490 e. The lowest BCUT2D eigenvalue weighted by Crippen LogP contribution is -2.27. The molecule has 6 nitrogen and oxygen atoms in total. The second-order valence-corrected chi connectivity index (χ2v) is 8.73. The van der Waals surface area contributed by atoms with Crippen molar-refractivity contribution in [3.63, 3.8) is 0 Å². The predicted molar refractivity (Wildman–Crippen MR) is 112 cm³/mol. The molecule has 174 valence electrons. The third kappa shape index (κ3) is 4.14. The van der Waals surface area contributed by atoms with Gasteiger partial charge in [0.15, 0.2) is 0 Å². The number of ether oxygens (including phenoxy) is 1. The average Bonchev–Trinajstić information content (AvgIpc) is 3.11. The van der Waals surface area contributed by atoms with E-state index in [9.17, 15) is 22.4 Å². The van der Waals surface area contributed by atoms with Crippen LogP contribution in [0.1, 0.15) is 26.2 Å². The molecule has 1 unspecified atom stereocenters. The normalized spacial score (nSPS) is 25.0. The number of benzene rings is 1. The minimum absolute atomic E-state index is 0.0274. The Balaban J connectivity index is 1.21. The van der Waals surface area contributed by atoms with Gasteiger partial charge >= 0.3 is 6.30 Å². The topological polar surface area (TPSA) is 69.0 Å². The van der Waals surface area contributed by atoms with Gasteiger partial charge in [0.05, 0.1) is 29.7 Å². The lowest BCUT2D eigenvalue weighted by Gasteiger charge is -2.21. The Kier molecular flexibility index (Phi) is 5.25. The summed E-state index contributed by atoms with van der Waals surface area (Å²) in [5, 5.41) is 6.45.